The highest BCUT2D eigenvalue weighted by atomic mass is 32.2. The molecule has 6 rings (SSSR count). The van der Waals surface area contributed by atoms with Gasteiger partial charge in [0.25, 0.3) is 11.1 Å². The molecular formula is C34H40N6O4S4. The summed E-state index contributed by atoms with van der Waals surface area (Å²) in [5.74, 6) is 0.195. The number of allylic oxidation sites excluding steroid dienone is 2. The molecule has 2 amide bonds. The molecule has 0 radical (unpaired) electrons. The predicted molar refractivity (Wildman–Crippen MR) is 198 cm³/mol. The van der Waals surface area contributed by atoms with Crippen molar-refractivity contribution in [1.29, 1.82) is 0 Å². The average Bonchev–Trinajstić information content (AvgIpc) is 3.85. The van der Waals surface area contributed by atoms with Gasteiger partial charge in [0.2, 0.25) is 11.8 Å². The second kappa shape index (κ2) is 16.0. The Balaban J connectivity index is 0.882. The number of aromatic nitrogens is 4. The highest BCUT2D eigenvalue weighted by Crippen LogP contribution is 2.36. The summed E-state index contributed by atoms with van der Waals surface area (Å²) in [5.41, 5.74) is 2.23. The van der Waals surface area contributed by atoms with E-state index in [2.05, 4.69) is 23.8 Å². The number of hydrogen-bond acceptors (Lipinski definition) is 10. The van der Waals surface area contributed by atoms with Gasteiger partial charge >= 0.3 is 0 Å². The van der Waals surface area contributed by atoms with Crippen LogP contribution in [0.15, 0.2) is 45.2 Å². The monoisotopic (exact) mass is 724 g/mol. The lowest BCUT2D eigenvalue weighted by molar-refractivity contribution is -0.119. The van der Waals surface area contributed by atoms with Gasteiger partial charge in [-0.1, -0.05) is 48.5 Å². The molecule has 0 bridgehead atoms. The number of amides is 2. The van der Waals surface area contributed by atoms with Gasteiger partial charge < -0.3 is 10.6 Å². The number of rotatable bonds is 17. The van der Waals surface area contributed by atoms with Crippen molar-refractivity contribution >= 4 is 78.4 Å². The zero-order chi connectivity index (χ0) is 33.6. The van der Waals surface area contributed by atoms with E-state index in [0.717, 1.165) is 95.8 Å². The van der Waals surface area contributed by atoms with Crippen molar-refractivity contribution in [2.45, 2.75) is 87.6 Å². The summed E-state index contributed by atoms with van der Waals surface area (Å²) in [6, 6.07) is 0. The van der Waals surface area contributed by atoms with Gasteiger partial charge in [0.05, 0.1) is 22.3 Å². The van der Waals surface area contributed by atoms with Gasteiger partial charge in [-0.15, -0.1) is 35.8 Å². The summed E-state index contributed by atoms with van der Waals surface area (Å²) in [5, 5.41) is 8.52. The first kappa shape index (κ1) is 34.7. The number of nitrogens with zero attached hydrogens (tertiary/aromatic N) is 4. The van der Waals surface area contributed by atoms with Gasteiger partial charge in [-0.05, 0) is 62.5 Å². The zero-order valence-electron chi connectivity index (χ0n) is 26.9. The summed E-state index contributed by atoms with van der Waals surface area (Å²) >= 11 is 5.78. The van der Waals surface area contributed by atoms with Gasteiger partial charge in [-0.25, -0.2) is 9.97 Å². The number of hydrogen-bond donors (Lipinski definition) is 2. The lowest BCUT2D eigenvalue weighted by Gasteiger charge is -2.11. The minimum atomic E-state index is -0.0896. The highest BCUT2D eigenvalue weighted by molar-refractivity contribution is 8.00. The van der Waals surface area contributed by atoms with Gasteiger partial charge in [0.1, 0.15) is 9.66 Å². The molecule has 0 aliphatic heterocycles. The van der Waals surface area contributed by atoms with Crippen LogP contribution in [-0.2, 0) is 48.4 Å². The first-order valence-corrected chi connectivity index (χ1v) is 20.1. The normalized spacial score (nSPS) is 13.6. The van der Waals surface area contributed by atoms with E-state index >= 15 is 0 Å². The fourth-order valence-electron chi connectivity index (χ4n) is 6.34. The minimum Gasteiger partial charge on any atom is -0.355 e. The standard InChI is InChI=1S/C34H40N6O4S4/c1-3-17-39-31(43)27-21-11-9-13-23(21)47-29(27)37-33(39)45-19-25(41)35-15-7-5-6-8-16-36-26(42)20-46-34-38-30-28(32(44)40(34)18-4-2)22-12-10-14-24(22)48-30/h3-4H,1-2,5-20H2,(H,35,41)(H,36,42). The van der Waals surface area contributed by atoms with Crippen LogP contribution in [0.3, 0.4) is 0 Å². The summed E-state index contributed by atoms with van der Waals surface area (Å²) in [7, 11) is 0. The quantitative estimate of drug-likeness (QED) is 0.0654. The molecule has 254 valence electrons. The van der Waals surface area contributed by atoms with Crippen LogP contribution in [0.4, 0.5) is 0 Å². The van der Waals surface area contributed by atoms with Crippen molar-refractivity contribution in [1.82, 2.24) is 29.7 Å². The van der Waals surface area contributed by atoms with E-state index in [1.807, 2.05) is 0 Å². The fourth-order valence-corrected chi connectivity index (χ4v) is 10.6. The van der Waals surface area contributed by atoms with Crippen molar-refractivity contribution in [3.8, 4) is 0 Å². The van der Waals surface area contributed by atoms with Crippen LogP contribution in [0.2, 0.25) is 0 Å². The molecule has 10 nitrogen and oxygen atoms in total. The Bertz CT molecular complexity index is 1850. The van der Waals surface area contributed by atoms with E-state index in [0.29, 0.717) is 36.5 Å². The van der Waals surface area contributed by atoms with Gasteiger partial charge in [0.15, 0.2) is 10.3 Å². The molecule has 0 unspecified atom stereocenters. The van der Waals surface area contributed by atoms with Crippen molar-refractivity contribution in [3.05, 3.63) is 66.9 Å². The van der Waals surface area contributed by atoms with Gasteiger partial charge in [0, 0.05) is 35.9 Å². The number of thiophene rings is 2. The van der Waals surface area contributed by atoms with Crippen LogP contribution in [0, 0.1) is 0 Å². The first-order valence-electron chi connectivity index (χ1n) is 16.5. The lowest BCUT2D eigenvalue weighted by Crippen LogP contribution is -2.28. The van der Waals surface area contributed by atoms with Crippen molar-refractivity contribution in [3.63, 3.8) is 0 Å². The highest BCUT2D eigenvalue weighted by Gasteiger charge is 2.25. The predicted octanol–water partition coefficient (Wildman–Crippen LogP) is 5.26. The molecule has 48 heavy (non-hydrogen) atoms. The summed E-state index contributed by atoms with van der Waals surface area (Å²) < 4.78 is 3.26. The molecule has 2 aliphatic carbocycles. The maximum atomic E-state index is 13.3. The number of fused-ring (bicyclic) bond motifs is 6. The average molecular weight is 725 g/mol. The summed E-state index contributed by atoms with van der Waals surface area (Å²) in [6.45, 7) is 9.45. The smallest absolute Gasteiger partial charge is 0.263 e. The fraction of sp³-hybridized carbons (Fsp3) is 0.471. The maximum absolute atomic E-state index is 13.3. The molecule has 2 N–H and O–H groups in total. The van der Waals surface area contributed by atoms with E-state index in [-0.39, 0.29) is 34.4 Å². The van der Waals surface area contributed by atoms with Crippen molar-refractivity contribution in [2.75, 3.05) is 24.6 Å². The minimum absolute atomic E-state index is 0.0397. The summed E-state index contributed by atoms with van der Waals surface area (Å²) in [4.78, 5) is 65.3. The van der Waals surface area contributed by atoms with Crippen LogP contribution >= 0.6 is 46.2 Å². The van der Waals surface area contributed by atoms with E-state index < -0.39 is 0 Å². The maximum Gasteiger partial charge on any atom is 0.263 e. The molecular weight excluding hydrogens is 685 g/mol. The molecule has 0 saturated heterocycles. The summed E-state index contributed by atoms with van der Waals surface area (Å²) in [6.07, 6.45) is 13.0. The van der Waals surface area contributed by atoms with E-state index in [1.165, 1.54) is 33.3 Å². The number of aryl methyl sites for hydroxylation is 4. The first-order chi connectivity index (χ1) is 23.4. The molecule has 4 aromatic rings. The topological polar surface area (TPSA) is 128 Å². The zero-order valence-corrected chi connectivity index (χ0v) is 30.2. The van der Waals surface area contributed by atoms with Gasteiger partial charge in [-0.2, -0.15) is 0 Å². The molecule has 14 heteroatoms. The van der Waals surface area contributed by atoms with Crippen LogP contribution in [0.1, 0.15) is 59.4 Å². The molecule has 4 heterocycles. The molecule has 0 fully saturated rings. The number of nitrogens with one attached hydrogen (secondary N) is 2. The molecule has 0 aromatic carbocycles. The third-order valence-electron chi connectivity index (χ3n) is 8.62. The number of carbonyl (C=O) groups excluding carboxylic acids is 2. The Hall–Kier alpha value is -3.20. The molecule has 4 aromatic heterocycles. The van der Waals surface area contributed by atoms with Gasteiger partial charge in [-0.3, -0.25) is 28.3 Å². The SMILES string of the molecule is C=CCn1c(SCC(=O)NCCCCCCNC(=O)CSc2nc3sc4c(c3c(=O)n2CC=C)CCC4)nc2sc3c(c2c1=O)CCC3. The molecule has 2 aliphatic rings. The van der Waals surface area contributed by atoms with Crippen LogP contribution < -0.4 is 21.8 Å². The molecule has 0 saturated carbocycles. The Morgan fingerprint density at radius 3 is 1.56 bits per heavy atom. The van der Waals surface area contributed by atoms with Crippen LogP contribution in [0.5, 0.6) is 0 Å². The Morgan fingerprint density at radius 2 is 1.15 bits per heavy atom. The number of carbonyl (C=O) groups is 2. The molecule has 0 spiro atoms. The van der Waals surface area contributed by atoms with Crippen molar-refractivity contribution < 1.29 is 9.59 Å². The second-order valence-electron chi connectivity index (χ2n) is 12.0. The van der Waals surface area contributed by atoms with E-state index in [9.17, 15) is 19.2 Å². The Kier molecular flexibility index (Phi) is 11.6. The van der Waals surface area contributed by atoms with E-state index in [4.69, 9.17) is 9.97 Å². The third-order valence-corrected chi connectivity index (χ3v) is 12.9. The van der Waals surface area contributed by atoms with Crippen molar-refractivity contribution in [2.24, 2.45) is 0 Å². The molecule has 0 atom stereocenters. The lowest BCUT2D eigenvalue weighted by atomic mass is 10.2. The number of thioether (sulfide) groups is 2. The van der Waals surface area contributed by atoms with Crippen LogP contribution in [-0.4, -0.2) is 55.5 Å². The van der Waals surface area contributed by atoms with Crippen LogP contribution in [0.25, 0.3) is 20.4 Å². The largest absolute Gasteiger partial charge is 0.355 e. The third kappa shape index (κ3) is 7.51. The Morgan fingerprint density at radius 1 is 0.708 bits per heavy atom. The second-order valence-corrected chi connectivity index (χ2v) is 16.0. The number of unbranched alkanes of at least 4 members (excludes halogenated alkanes) is 3. The Labute approximate surface area is 295 Å². The van der Waals surface area contributed by atoms with E-state index in [1.54, 1.807) is 44.0 Å².